The zero-order valence-corrected chi connectivity index (χ0v) is 17.1. The summed E-state index contributed by atoms with van der Waals surface area (Å²) in [6.45, 7) is 0. The molecule has 146 valence electrons. The van der Waals surface area contributed by atoms with Crippen molar-refractivity contribution in [3.8, 4) is 11.3 Å². The molecule has 4 nitrogen and oxygen atoms in total. The Kier molecular flexibility index (Phi) is 5.13. The van der Waals surface area contributed by atoms with Crippen LogP contribution in [0.3, 0.4) is 0 Å². The van der Waals surface area contributed by atoms with Crippen LogP contribution in [0.1, 0.15) is 37.8 Å². The second-order valence-electron chi connectivity index (χ2n) is 7.53. The molecule has 0 spiro atoms. The minimum atomic E-state index is 0.412. The zero-order chi connectivity index (χ0) is 19.5. The summed E-state index contributed by atoms with van der Waals surface area (Å²) in [4.78, 5) is 9.28. The minimum Gasteiger partial charge on any atom is -0.360 e. The standard InChI is InChI=1S/C24H24N4S/c1-2-10-19(11-3-1)27-24-28(26-16-20-12-7-15-25-20)23(17-29-24)22-14-6-9-18-8-4-5-13-21(18)22/h4-9,12-17,19,25H,1-3,10-11H2. The first-order valence-corrected chi connectivity index (χ1v) is 11.2. The van der Waals surface area contributed by atoms with Crippen molar-refractivity contribution in [2.45, 2.75) is 38.1 Å². The Bertz CT molecular complexity index is 1190. The Morgan fingerprint density at radius 2 is 1.83 bits per heavy atom. The number of nitrogens with one attached hydrogen (secondary N) is 1. The molecule has 1 aliphatic rings. The topological polar surface area (TPSA) is 45.4 Å². The van der Waals surface area contributed by atoms with E-state index in [1.54, 1.807) is 11.3 Å². The number of rotatable bonds is 4. The Hall–Kier alpha value is -2.92. The van der Waals surface area contributed by atoms with E-state index in [0.717, 1.165) is 16.2 Å². The highest BCUT2D eigenvalue weighted by Gasteiger charge is 2.15. The Labute approximate surface area is 174 Å². The van der Waals surface area contributed by atoms with Crippen molar-refractivity contribution in [1.29, 1.82) is 0 Å². The van der Waals surface area contributed by atoms with Crippen LogP contribution < -0.4 is 4.80 Å². The molecule has 2 heterocycles. The summed E-state index contributed by atoms with van der Waals surface area (Å²) < 4.78 is 2.02. The number of aromatic nitrogens is 2. The van der Waals surface area contributed by atoms with Crippen LogP contribution in [0.5, 0.6) is 0 Å². The second-order valence-corrected chi connectivity index (χ2v) is 8.37. The first-order chi connectivity index (χ1) is 14.4. The fraction of sp³-hybridized carbons (Fsp3) is 0.250. The lowest BCUT2D eigenvalue weighted by atomic mass is 9.96. The molecule has 0 aliphatic heterocycles. The molecule has 0 saturated heterocycles. The van der Waals surface area contributed by atoms with Crippen LogP contribution in [0.2, 0.25) is 0 Å². The van der Waals surface area contributed by atoms with E-state index in [-0.39, 0.29) is 0 Å². The predicted octanol–water partition coefficient (Wildman–Crippen LogP) is 5.81. The van der Waals surface area contributed by atoms with Crippen LogP contribution in [-0.4, -0.2) is 21.9 Å². The van der Waals surface area contributed by atoms with E-state index in [1.165, 1.54) is 48.4 Å². The van der Waals surface area contributed by atoms with Gasteiger partial charge in [0.15, 0.2) is 0 Å². The van der Waals surface area contributed by atoms with E-state index in [4.69, 9.17) is 10.1 Å². The minimum absolute atomic E-state index is 0.412. The van der Waals surface area contributed by atoms with Crippen molar-refractivity contribution in [3.05, 3.63) is 76.7 Å². The van der Waals surface area contributed by atoms with Gasteiger partial charge in [0, 0.05) is 17.1 Å². The largest absolute Gasteiger partial charge is 0.360 e. The highest BCUT2D eigenvalue weighted by Crippen LogP contribution is 2.29. The highest BCUT2D eigenvalue weighted by molar-refractivity contribution is 7.07. The first-order valence-electron chi connectivity index (χ1n) is 10.3. The third-order valence-corrected chi connectivity index (χ3v) is 6.38. The molecule has 1 fully saturated rings. The maximum absolute atomic E-state index is 5.10. The third kappa shape index (κ3) is 3.83. The second kappa shape index (κ2) is 8.21. The summed E-state index contributed by atoms with van der Waals surface area (Å²) in [6.07, 6.45) is 10.1. The quantitative estimate of drug-likeness (QED) is 0.420. The third-order valence-electron chi connectivity index (χ3n) is 5.55. The fourth-order valence-electron chi connectivity index (χ4n) is 4.05. The molecule has 0 unspecified atom stereocenters. The van der Waals surface area contributed by atoms with Gasteiger partial charge in [-0.05, 0) is 35.7 Å². The number of fused-ring (bicyclic) bond motifs is 1. The summed E-state index contributed by atoms with van der Waals surface area (Å²) in [5.74, 6) is 0. The van der Waals surface area contributed by atoms with E-state index in [9.17, 15) is 0 Å². The van der Waals surface area contributed by atoms with Crippen LogP contribution in [0.4, 0.5) is 0 Å². The fourth-order valence-corrected chi connectivity index (χ4v) is 4.94. The van der Waals surface area contributed by atoms with Crippen molar-refractivity contribution in [1.82, 2.24) is 9.66 Å². The molecule has 1 N–H and O–H groups in total. The van der Waals surface area contributed by atoms with Gasteiger partial charge in [-0.1, -0.05) is 61.7 Å². The molecule has 0 amide bonds. The molecule has 0 atom stereocenters. The highest BCUT2D eigenvalue weighted by atomic mass is 32.1. The molecule has 2 aromatic carbocycles. The Morgan fingerprint density at radius 3 is 2.69 bits per heavy atom. The van der Waals surface area contributed by atoms with Gasteiger partial charge in [0.2, 0.25) is 4.80 Å². The van der Waals surface area contributed by atoms with Crippen LogP contribution >= 0.6 is 11.3 Å². The first kappa shape index (κ1) is 18.1. The van der Waals surface area contributed by atoms with E-state index in [0.29, 0.717) is 6.04 Å². The smallest absolute Gasteiger partial charge is 0.206 e. The number of thiazole rings is 1. The lowest BCUT2D eigenvalue weighted by Crippen LogP contribution is -2.19. The average molecular weight is 401 g/mol. The summed E-state index contributed by atoms with van der Waals surface area (Å²) in [5, 5.41) is 9.50. The predicted molar refractivity (Wildman–Crippen MR) is 121 cm³/mol. The number of benzene rings is 2. The summed E-state index contributed by atoms with van der Waals surface area (Å²) in [7, 11) is 0. The van der Waals surface area contributed by atoms with Crippen molar-refractivity contribution in [2.24, 2.45) is 10.1 Å². The van der Waals surface area contributed by atoms with Gasteiger partial charge in [-0.25, -0.2) is 4.68 Å². The van der Waals surface area contributed by atoms with Crippen molar-refractivity contribution in [2.75, 3.05) is 0 Å². The normalized spacial score (nSPS) is 16.2. The van der Waals surface area contributed by atoms with E-state index >= 15 is 0 Å². The number of hydrogen-bond donors (Lipinski definition) is 1. The van der Waals surface area contributed by atoms with Gasteiger partial charge in [-0.3, -0.25) is 4.99 Å². The van der Waals surface area contributed by atoms with E-state index < -0.39 is 0 Å². The molecule has 5 rings (SSSR count). The molecular weight excluding hydrogens is 376 g/mol. The van der Waals surface area contributed by atoms with E-state index in [1.807, 2.05) is 29.2 Å². The zero-order valence-electron chi connectivity index (χ0n) is 16.3. The monoisotopic (exact) mass is 400 g/mol. The van der Waals surface area contributed by atoms with Gasteiger partial charge < -0.3 is 4.98 Å². The molecule has 0 bridgehead atoms. The average Bonchev–Trinajstić information content (AvgIpc) is 3.42. The van der Waals surface area contributed by atoms with E-state index in [2.05, 4.69) is 52.8 Å². The molecule has 1 saturated carbocycles. The molecule has 2 aromatic heterocycles. The molecule has 29 heavy (non-hydrogen) atoms. The summed E-state index contributed by atoms with van der Waals surface area (Å²) in [5.41, 5.74) is 3.26. The van der Waals surface area contributed by atoms with Crippen molar-refractivity contribution < 1.29 is 0 Å². The van der Waals surface area contributed by atoms with Crippen LogP contribution in [0, 0.1) is 0 Å². The molecule has 1 aliphatic carbocycles. The molecule has 4 aromatic rings. The number of nitrogens with zero attached hydrogens (tertiary/aromatic N) is 3. The van der Waals surface area contributed by atoms with Crippen LogP contribution in [0.15, 0.2) is 76.3 Å². The van der Waals surface area contributed by atoms with Gasteiger partial charge >= 0.3 is 0 Å². The number of hydrogen-bond acceptors (Lipinski definition) is 3. The van der Waals surface area contributed by atoms with Gasteiger partial charge in [0.25, 0.3) is 0 Å². The number of H-pyrrole nitrogens is 1. The molecule has 0 radical (unpaired) electrons. The lowest BCUT2D eigenvalue weighted by molar-refractivity contribution is 0.435. The Balaban J connectivity index is 1.66. The maximum atomic E-state index is 5.10. The van der Waals surface area contributed by atoms with Crippen molar-refractivity contribution >= 4 is 28.3 Å². The molecule has 5 heteroatoms. The molecular formula is C24H24N4S. The maximum Gasteiger partial charge on any atom is 0.206 e. The summed E-state index contributed by atoms with van der Waals surface area (Å²) >= 11 is 1.68. The number of aromatic amines is 1. The SMILES string of the molecule is C(=Nn1c(-c2cccc3ccccc23)csc1=NC1CCCCC1)c1ccc[nH]1. The van der Waals surface area contributed by atoms with Gasteiger partial charge in [0.1, 0.15) is 0 Å². The van der Waals surface area contributed by atoms with Gasteiger partial charge in [-0.15, -0.1) is 11.3 Å². The summed E-state index contributed by atoms with van der Waals surface area (Å²) in [6, 6.07) is 19.4. The van der Waals surface area contributed by atoms with Crippen LogP contribution in [0.25, 0.3) is 22.0 Å². The van der Waals surface area contributed by atoms with Gasteiger partial charge in [0.05, 0.1) is 23.6 Å². The van der Waals surface area contributed by atoms with Crippen molar-refractivity contribution in [3.63, 3.8) is 0 Å². The van der Waals surface area contributed by atoms with Crippen LogP contribution in [-0.2, 0) is 0 Å². The lowest BCUT2D eigenvalue weighted by Gasteiger charge is -2.16. The van der Waals surface area contributed by atoms with Gasteiger partial charge in [-0.2, -0.15) is 5.10 Å². The Morgan fingerprint density at radius 1 is 0.966 bits per heavy atom.